The fraction of sp³-hybridized carbons (Fsp3) is 0.435. The van der Waals surface area contributed by atoms with Gasteiger partial charge in [0, 0.05) is 37.5 Å². The lowest BCUT2D eigenvalue weighted by Gasteiger charge is -2.42. The van der Waals surface area contributed by atoms with Crippen molar-refractivity contribution in [1.82, 2.24) is 9.21 Å². The van der Waals surface area contributed by atoms with E-state index in [1.165, 1.54) is 16.4 Å². The van der Waals surface area contributed by atoms with Crippen LogP contribution in [0, 0.1) is 0 Å². The second kappa shape index (κ2) is 9.39. The molecular weight excluding hydrogens is 452 g/mol. The number of ether oxygens (including phenoxy) is 2. The summed E-state index contributed by atoms with van der Waals surface area (Å²) >= 11 is 5.91. The number of piperidine rings is 1. The lowest BCUT2D eigenvalue weighted by atomic mass is 10.00. The molecule has 2 aromatic rings. The van der Waals surface area contributed by atoms with Crippen LogP contribution in [-0.4, -0.2) is 62.1 Å². The predicted octanol–water partition coefficient (Wildman–Crippen LogP) is 3.32. The van der Waals surface area contributed by atoms with Crippen molar-refractivity contribution >= 4 is 27.5 Å². The Balaban J connectivity index is 1.41. The predicted molar refractivity (Wildman–Crippen MR) is 121 cm³/mol. The molecule has 2 saturated heterocycles. The first-order valence-corrected chi connectivity index (χ1v) is 12.6. The fourth-order valence-electron chi connectivity index (χ4n) is 4.32. The molecule has 2 fully saturated rings. The third kappa shape index (κ3) is 4.64. The van der Waals surface area contributed by atoms with E-state index < -0.39 is 15.7 Å². The molecule has 0 N–H and O–H groups in total. The molecule has 7 nitrogen and oxygen atoms in total. The summed E-state index contributed by atoms with van der Waals surface area (Å²) in [6.07, 6.45) is 1.18. The van der Waals surface area contributed by atoms with Gasteiger partial charge in [0.05, 0.1) is 24.5 Å². The number of sulfonamides is 1. The van der Waals surface area contributed by atoms with E-state index in [1.807, 2.05) is 31.2 Å². The first-order valence-electron chi connectivity index (χ1n) is 10.8. The molecular formula is C23H27ClN2O5S. The molecule has 172 valence electrons. The van der Waals surface area contributed by atoms with Crippen molar-refractivity contribution < 1.29 is 22.7 Å². The van der Waals surface area contributed by atoms with Gasteiger partial charge in [0.2, 0.25) is 15.9 Å². The summed E-state index contributed by atoms with van der Waals surface area (Å²) in [5.41, 5.74) is 0.0109. The minimum Gasteiger partial charge on any atom is -0.494 e. The molecule has 0 unspecified atom stereocenters. The van der Waals surface area contributed by atoms with Crippen LogP contribution < -0.4 is 4.74 Å². The van der Waals surface area contributed by atoms with E-state index in [1.54, 1.807) is 17.0 Å². The highest BCUT2D eigenvalue weighted by molar-refractivity contribution is 7.89. The SMILES string of the molecule is CCOc1ccc(CC(=O)N2CCC3(CC2)OCCN3S(=O)(=O)c2ccc(Cl)cc2)cc1. The van der Waals surface area contributed by atoms with E-state index in [9.17, 15) is 13.2 Å². The number of hydrogen-bond acceptors (Lipinski definition) is 5. The summed E-state index contributed by atoms with van der Waals surface area (Å²) in [6, 6.07) is 13.7. The minimum absolute atomic E-state index is 0.0223. The molecule has 0 saturated carbocycles. The maximum Gasteiger partial charge on any atom is 0.245 e. The highest BCUT2D eigenvalue weighted by atomic mass is 35.5. The number of halogens is 1. The molecule has 1 amide bonds. The van der Waals surface area contributed by atoms with Crippen LogP contribution in [0.5, 0.6) is 5.75 Å². The third-order valence-electron chi connectivity index (χ3n) is 6.01. The largest absolute Gasteiger partial charge is 0.494 e. The highest BCUT2D eigenvalue weighted by Gasteiger charge is 2.50. The number of carbonyl (C=O) groups excluding carboxylic acids is 1. The van der Waals surface area contributed by atoms with Gasteiger partial charge in [0.15, 0.2) is 0 Å². The second-order valence-corrected chi connectivity index (χ2v) is 10.3. The van der Waals surface area contributed by atoms with Crippen molar-refractivity contribution in [3.05, 3.63) is 59.1 Å². The van der Waals surface area contributed by atoms with E-state index >= 15 is 0 Å². The first kappa shape index (κ1) is 23.0. The average molecular weight is 479 g/mol. The van der Waals surface area contributed by atoms with E-state index in [0.29, 0.717) is 57.1 Å². The molecule has 2 heterocycles. The number of amides is 1. The molecule has 0 aliphatic carbocycles. The Morgan fingerprint density at radius 2 is 1.72 bits per heavy atom. The minimum atomic E-state index is -3.72. The molecule has 32 heavy (non-hydrogen) atoms. The van der Waals surface area contributed by atoms with Crippen LogP contribution in [0.2, 0.25) is 5.02 Å². The molecule has 0 bridgehead atoms. The Bertz CT molecular complexity index is 1050. The average Bonchev–Trinajstić information content (AvgIpc) is 3.20. The summed E-state index contributed by atoms with van der Waals surface area (Å²) in [6.45, 7) is 4.06. The van der Waals surface area contributed by atoms with Crippen molar-refractivity contribution in [1.29, 1.82) is 0 Å². The van der Waals surface area contributed by atoms with Crippen LogP contribution >= 0.6 is 11.6 Å². The van der Waals surface area contributed by atoms with Crippen LogP contribution in [0.3, 0.4) is 0 Å². The Labute approximate surface area is 193 Å². The van der Waals surface area contributed by atoms with E-state index in [4.69, 9.17) is 21.1 Å². The zero-order valence-corrected chi connectivity index (χ0v) is 19.6. The topological polar surface area (TPSA) is 76.2 Å². The molecule has 2 aliphatic heterocycles. The maximum atomic E-state index is 13.3. The molecule has 2 aromatic carbocycles. The fourth-order valence-corrected chi connectivity index (χ4v) is 6.17. The summed E-state index contributed by atoms with van der Waals surface area (Å²) in [7, 11) is -3.72. The van der Waals surface area contributed by atoms with Crippen LogP contribution in [0.1, 0.15) is 25.3 Å². The molecule has 0 atom stereocenters. The monoisotopic (exact) mass is 478 g/mol. The lowest BCUT2D eigenvalue weighted by Crippen LogP contribution is -2.55. The highest BCUT2D eigenvalue weighted by Crippen LogP contribution is 2.38. The Morgan fingerprint density at radius 3 is 2.34 bits per heavy atom. The Kier molecular flexibility index (Phi) is 6.76. The van der Waals surface area contributed by atoms with Gasteiger partial charge in [-0.1, -0.05) is 23.7 Å². The summed E-state index contributed by atoms with van der Waals surface area (Å²) in [5.74, 6) is 0.804. The van der Waals surface area contributed by atoms with Gasteiger partial charge in [0.25, 0.3) is 0 Å². The van der Waals surface area contributed by atoms with Gasteiger partial charge in [-0.25, -0.2) is 8.42 Å². The van der Waals surface area contributed by atoms with Gasteiger partial charge in [0.1, 0.15) is 11.5 Å². The molecule has 4 rings (SSSR count). The molecule has 0 radical (unpaired) electrons. The summed E-state index contributed by atoms with van der Waals surface area (Å²) in [4.78, 5) is 14.8. The van der Waals surface area contributed by atoms with Crippen LogP contribution in [-0.2, 0) is 26.0 Å². The van der Waals surface area contributed by atoms with E-state index in [-0.39, 0.29) is 10.8 Å². The van der Waals surface area contributed by atoms with Gasteiger partial charge in [-0.3, -0.25) is 4.79 Å². The number of hydrogen-bond donors (Lipinski definition) is 0. The first-order chi connectivity index (χ1) is 15.3. The zero-order chi connectivity index (χ0) is 22.8. The normalized spacial score (nSPS) is 18.8. The molecule has 9 heteroatoms. The molecule has 1 spiro atoms. The van der Waals surface area contributed by atoms with Crippen LogP contribution in [0.15, 0.2) is 53.4 Å². The second-order valence-electron chi connectivity index (χ2n) is 7.96. The van der Waals surface area contributed by atoms with Crippen molar-refractivity contribution in [3.63, 3.8) is 0 Å². The summed E-state index contributed by atoms with van der Waals surface area (Å²) < 4.78 is 39.4. The zero-order valence-electron chi connectivity index (χ0n) is 18.0. The quantitative estimate of drug-likeness (QED) is 0.636. The van der Waals surface area contributed by atoms with Gasteiger partial charge >= 0.3 is 0 Å². The molecule has 2 aliphatic rings. The number of likely N-dealkylation sites (tertiary alicyclic amines) is 1. The van der Waals surface area contributed by atoms with Crippen LogP contribution in [0.25, 0.3) is 0 Å². The number of rotatable bonds is 6. The van der Waals surface area contributed by atoms with Crippen molar-refractivity contribution in [2.45, 2.75) is 36.8 Å². The Hall–Kier alpha value is -2.13. The van der Waals surface area contributed by atoms with Gasteiger partial charge in [-0.05, 0) is 48.9 Å². The number of carbonyl (C=O) groups is 1. The van der Waals surface area contributed by atoms with Crippen LogP contribution in [0.4, 0.5) is 0 Å². The third-order valence-corrected chi connectivity index (χ3v) is 8.22. The summed E-state index contributed by atoms with van der Waals surface area (Å²) in [5, 5.41) is 0.482. The van der Waals surface area contributed by atoms with Crippen molar-refractivity contribution in [2.75, 3.05) is 32.8 Å². The smallest absolute Gasteiger partial charge is 0.245 e. The molecule has 0 aromatic heterocycles. The number of benzene rings is 2. The van der Waals surface area contributed by atoms with E-state index in [2.05, 4.69) is 0 Å². The van der Waals surface area contributed by atoms with Gasteiger partial charge in [-0.15, -0.1) is 0 Å². The van der Waals surface area contributed by atoms with Crippen molar-refractivity contribution in [2.24, 2.45) is 0 Å². The maximum absolute atomic E-state index is 13.3. The van der Waals surface area contributed by atoms with Gasteiger partial charge in [-0.2, -0.15) is 4.31 Å². The Morgan fingerprint density at radius 1 is 1.06 bits per heavy atom. The number of nitrogens with zero attached hydrogens (tertiary/aromatic N) is 2. The van der Waals surface area contributed by atoms with Gasteiger partial charge < -0.3 is 14.4 Å². The van der Waals surface area contributed by atoms with E-state index in [0.717, 1.165) is 11.3 Å². The van der Waals surface area contributed by atoms with Crippen molar-refractivity contribution in [3.8, 4) is 5.75 Å². The lowest BCUT2D eigenvalue weighted by molar-refractivity contribution is -0.139. The standard InChI is InChI=1S/C23H27ClN2O5S/c1-2-30-20-7-3-18(4-8-20)17-22(27)25-13-11-23(12-14-25)26(15-16-31-23)32(28,29)21-9-5-19(24)6-10-21/h3-10H,2,11-17H2,1H3.